The van der Waals surface area contributed by atoms with Crippen LogP contribution in [0.3, 0.4) is 0 Å². The molecule has 1 aromatic heterocycles. The summed E-state index contributed by atoms with van der Waals surface area (Å²) in [6, 6.07) is 3.85. The molecule has 1 saturated heterocycles. The van der Waals surface area contributed by atoms with Crippen molar-refractivity contribution >= 4 is 22.0 Å². The maximum absolute atomic E-state index is 12.0. The lowest BCUT2D eigenvalue weighted by Gasteiger charge is -2.24. The minimum Gasteiger partial charge on any atom is -0.444 e. The van der Waals surface area contributed by atoms with Crippen LogP contribution in [-0.2, 0) is 16.1 Å². The Morgan fingerprint density at radius 1 is 1.52 bits per heavy atom. The number of carbonyl (C=O) groups is 1. The Hall–Kier alpha value is -1.14. The maximum atomic E-state index is 12.0. The third-order valence-electron chi connectivity index (χ3n) is 3.07. The fourth-order valence-corrected chi connectivity index (χ4v) is 2.52. The quantitative estimate of drug-likeness (QED) is 0.779. The van der Waals surface area contributed by atoms with E-state index in [1.54, 1.807) is 11.1 Å². The fourth-order valence-electron chi connectivity index (χ4n) is 2.10. The Labute approximate surface area is 133 Å². The van der Waals surface area contributed by atoms with E-state index >= 15 is 0 Å². The number of hydrogen-bond donors (Lipinski definition) is 0. The van der Waals surface area contributed by atoms with E-state index in [0.29, 0.717) is 19.7 Å². The number of aromatic nitrogens is 1. The zero-order valence-electron chi connectivity index (χ0n) is 12.6. The number of ether oxygens (including phenoxy) is 2. The maximum Gasteiger partial charge on any atom is 0.410 e. The van der Waals surface area contributed by atoms with E-state index in [4.69, 9.17) is 9.47 Å². The highest BCUT2D eigenvalue weighted by Gasteiger charge is 2.30. The predicted octanol–water partition coefficient (Wildman–Crippen LogP) is 3.37. The lowest BCUT2D eigenvalue weighted by molar-refractivity contribution is 0.0184. The largest absolute Gasteiger partial charge is 0.444 e. The van der Waals surface area contributed by atoms with Crippen molar-refractivity contribution in [2.75, 3.05) is 13.1 Å². The molecule has 1 fully saturated rings. The molecule has 2 rings (SSSR count). The van der Waals surface area contributed by atoms with E-state index in [0.717, 1.165) is 16.6 Å². The average Bonchev–Trinajstić information content (AvgIpc) is 2.83. The van der Waals surface area contributed by atoms with Gasteiger partial charge in [0.05, 0.1) is 19.3 Å². The van der Waals surface area contributed by atoms with Gasteiger partial charge in [-0.3, -0.25) is 0 Å². The van der Waals surface area contributed by atoms with Gasteiger partial charge in [0.2, 0.25) is 0 Å². The molecule has 5 nitrogen and oxygen atoms in total. The number of hydrogen-bond acceptors (Lipinski definition) is 4. The summed E-state index contributed by atoms with van der Waals surface area (Å²) in [5.41, 5.74) is 0.604. The Balaban J connectivity index is 1.79. The van der Waals surface area contributed by atoms with Crippen LogP contribution in [0.5, 0.6) is 0 Å². The van der Waals surface area contributed by atoms with Crippen LogP contribution >= 0.6 is 15.9 Å². The summed E-state index contributed by atoms with van der Waals surface area (Å²) < 4.78 is 12.0. The van der Waals surface area contributed by atoms with E-state index in [-0.39, 0.29) is 12.2 Å². The van der Waals surface area contributed by atoms with Crippen LogP contribution < -0.4 is 0 Å². The number of halogens is 1. The van der Waals surface area contributed by atoms with Crippen molar-refractivity contribution in [1.29, 1.82) is 0 Å². The first kappa shape index (κ1) is 16.2. The Bertz CT molecular complexity index is 502. The van der Waals surface area contributed by atoms with E-state index in [2.05, 4.69) is 20.9 Å². The second kappa shape index (κ2) is 6.75. The molecular formula is C15H21BrN2O3. The smallest absolute Gasteiger partial charge is 0.410 e. The standard InChI is InChI=1S/C15H21BrN2O3/c1-15(2,3)21-14(19)18-7-5-12(9-18)20-10-11-4-6-17-13(16)8-11/h4,6,8,12H,5,7,9-10H2,1-3H3/t12-/m1/s1. The lowest BCUT2D eigenvalue weighted by atomic mass is 10.2. The molecule has 21 heavy (non-hydrogen) atoms. The molecule has 0 aliphatic carbocycles. The summed E-state index contributed by atoms with van der Waals surface area (Å²) in [6.07, 6.45) is 2.38. The Kier molecular flexibility index (Phi) is 5.22. The van der Waals surface area contributed by atoms with Crippen molar-refractivity contribution in [2.45, 2.75) is 45.5 Å². The second-order valence-corrected chi connectivity index (χ2v) is 6.95. The Morgan fingerprint density at radius 3 is 2.95 bits per heavy atom. The van der Waals surface area contributed by atoms with Crippen LogP contribution in [0.1, 0.15) is 32.8 Å². The van der Waals surface area contributed by atoms with Gasteiger partial charge in [0.1, 0.15) is 10.2 Å². The van der Waals surface area contributed by atoms with Crippen molar-refractivity contribution in [2.24, 2.45) is 0 Å². The average molecular weight is 357 g/mol. The molecule has 1 aliphatic rings. The zero-order chi connectivity index (χ0) is 15.5. The van der Waals surface area contributed by atoms with E-state index in [1.807, 2.05) is 32.9 Å². The SMILES string of the molecule is CC(C)(C)OC(=O)N1CC[C@@H](OCc2ccnc(Br)c2)C1. The topological polar surface area (TPSA) is 51.7 Å². The van der Waals surface area contributed by atoms with E-state index < -0.39 is 5.60 Å². The summed E-state index contributed by atoms with van der Waals surface area (Å²) in [4.78, 5) is 17.7. The molecule has 1 aromatic rings. The highest BCUT2D eigenvalue weighted by Crippen LogP contribution is 2.18. The van der Waals surface area contributed by atoms with Gasteiger partial charge in [-0.25, -0.2) is 9.78 Å². The predicted molar refractivity (Wildman–Crippen MR) is 82.9 cm³/mol. The van der Waals surface area contributed by atoms with Gasteiger partial charge in [-0.2, -0.15) is 0 Å². The van der Waals surface area contributed by atoms with Crippen LogP contribution in [0.15, 0.2) is 22.9 Å². The highest BCUT2D eigenvalue weighted by molar-refractivity contribution is 9.10. The highest BCUT2D eigenvalue weighted by atomic mass is 79.9. The van der Waals surface area contributed by atoms with Gasteiger partial charge in [-0.15, -0.1) is 0 Å². The molecule has 0 bridgehead atoms. The minimum atomic E-state index is -0.459. The van der Waals surface area contributed by atoms with E-state index in [1.165, 1.54) is 0 Å². The summed E-state index contributed by atoms with van der Waals surface area (Å²) in [7, 11) is 0. The number of pyridine rings is 1. The first-order valence-corrected chi connectivity index (χ1v) is 7.83. The molecule has 0 unspecified atom stereocenters. The van der Waals surface area contributed by atoms with Gasteiger partial charge < -0.3 is 14.4 Å². The first-order valence-electron chi connectivity index (χ1n) is 7.03. The van der Waals surface area contributed by atoms with Crippen molar-refractivity contribution in [3.8, 4) is 0 Å². The molecule has 0 saturated carbocycles. The van der Waals surface area contributed by atoms with Gasteiger partial charge >= 0.3 is 6.09 Å². The molecule has 0 aromatic carbocycles. The summed E-state index contributed by atoms with van der Waals surface area (Å²) in [5, 5.41) is 0. The molecule has 2 heterocycles. The van der Waals surface area contributed by atoms with Gasteiger partial charge in [-0.1, -0.05) is 0 Å². The van der Waals surface area contributed by atoms with Crippen molar-refractivity contribution in [3.63, 3.8) is 0 Å². The first-order chi connectivity index (χ1) is 9.83. The van der Waals surface area contributed by atoms with Crippen LogP contribution in [-0.4, -0.2) is 40.8 Å². The molecule has 1 atom stereocenters. The molecule has 1 aliphatic heterocycles. The number of carbonyl (C=O) groups excluding carboxylic acids is 1. The van der Waals surface area contributed by atoms with Gasteiger partial charge in [0, 0.05) is 12.7 Å². The van der Waals surface area contributed by atoms with Crippen LogP contribution in [0.4, 0.5) is 4.79 Å². The molecule has 1 amide bonds. The normalized spacial score (nSPS) is 18.9. The monoisotopic (exact) mass is 356 g/mol. The number of likely N-dealkylation sites (tertiary alicyclic amines) is 1. The van der Waals surface area contributed by atoms with Crippen molar-refractivity contribution in [1.82, 2.24) is 9.88 Å². The molecular weight excluding hydrogens is 336 g/mol. The summed E-state index contributed by atoms with van der Waals surface area (Å²) >= 11 is 3.34. The summed E-state index contributed by atoms with van der Waals surface area (Å²) in [6.45, 7) is 7.40. The van der Waals surface area contributed by atoms with Crippen LogP contribution in [0.2, 0.25) is 0 Å². The van der Waals surface area contributed by atoms with Gasteiger partial charge in [0.15, 0.2) is 0 Å². The Morgan fingerprint density at radius 2 is 2.29 bits per heavy atom. The number of rotatable bonds is 3. The van der Waals surface area contributed by atoms with Crippen LogP contribution in [0.25, 0.3) is 0 Å². The third-order valence-corrected chi connectivity index (χ3v) is 3.51. The van der Waals surface area contributed by atoms with Crippen molar-refractivity contribution in [3.05, 3.63) is 28.5 Å². The number of nitrogens with zero attached hydrogens (tertiary/aromatic N) is 2. The second-order valence-electron chi connectivity index (χ2n) is 6.13. The molecule has 0 spiro atoms. The van der Waals surface area contributed by atoms with Gasteiger partial charge in [0.25, 0.3) is 0 Å². The fraction of sp³-hybridized carbons (Fsp3) is 0.600. The molecule has 116 valence electrons. The molecule has 6 heteroatoms. The lowest BCUT2D eigenvalue weighted by Crippen LogP contribution is -2.36. The van der Waals surface area contributed by atoms with Crippen molar-refractivity contribution < 1.29 is 14.3 Å². The minimum absolute atomic E-state index is 0.0597. The molecule has 0 radical (unpaired) electrons. The van der Waals surface area contributed by atoms with Crippen LogP contribution in [0, 0.1) is 0 Å². The third kappa shape index (κ3) is 5.28. The zero-order valence-corrected chi connectivity index (χ0v) is 14.2. The number of amides is 1. The van der Waals surface area contributed by atoms with Gasteiger partial charge in [-0.05, 0) is 60.8 Å². The molecule has 0 N–H and O–H groups in total. The summed E-state index contributed by atoms with van der Waals surface area (Å²) in [5.74, 6) is 0. The van der Waals surface area contributed by atoms with E-state index in [9.17, 15) is 4.79 Å².